The lowest BCUT2D eigenvalue weighted by atomic mass is 10.1. The summed E-state index contributed by atoms with van der Waals surface area (Å²) in [5.41, 5.74) is 3.80. The zero-order chi connectivity index (χ0) is 23.8. The largest absolute Gasteiger partial charge is 0.272 e. The lowest BCUT2D eigenvalue weighted by Gasteiger charge is -2.21. The second kappa shape index (κ2) is 11.6. The van der Waals surface area contributed by atoms with Crippen LogP contribution in [-0.4, -0.2) is 37.9 Å². The normalized spacial score (nSPS) is 11.8. The second-order valence-corrected chi connectivity index (χ2v) is 10.1. The molecule has 0 aliphatic rings. The summed E-state index contributed by atoms with van der Waals surface area (Å²) in [7, 11) is -3.95. The predicted molar refractivity (Wildman–Crippen MR) is 133 cm³/mol. The number of hydrogen-bond acceptors (Lipinski definition) is 4. The molecule has 0 saturated heterocycles. The number of benzene rings is 3. The van der Waals surface area contributed by atoms with Crippen molar-refractivity contribution in [2.24, 2.45) is 5.10 Å². The van der Waals surface area contributed by atoms with Gasteiger partial charge in [0.15, 0.2) is 0 Å². The van der Waals surface area contributed by atoms with E-state index in [-0.39, 0.29) is 11.4 Å². The van der Waals surface area contributed by atoms with E-state index in [0.29, 0.717) is 27.1 Å². The van der Waals surface area contributed by atoms with Gasteiger partial charge in [-0.15, -0.1) is 0 Å². The topological polar surface area (TPSA) is 78.8 Å². The summed E-state index contributed by atoms with van der Waals surface area (Å²) in [4.78, 5) is 12.6. The molecule has 0 aromatic heterocycles. The quantitative estimate of drug-likeness (QED) is 0.315. The molecule has 1 N–H and O–H groups in total. The van der Waals surface area contributed by atoms with Crippen molar-refractivity contribution in [1.82, 2.24) is 9.73 Å². The van der Waals surface area contributed by atoms with E-state index >= 15 is 0 Å². The zero-order valence-electron chi connectivity index (χ0n) is 17.3. The van der Waals surface area contributed by atoms with Crippen LogP contribution in [0.4, 0.5) is 0 Å². The van der Waals surface area contributed by atoms with Crippen LogP contribution in [0.2, 0.25) is 15.1 Å². The fourth-order valence-electron chi connectivity index (χ4n) is 2.93. The number of halogens is 3. The number of rotatable bonds is 9. The van der Waals surface area contributed by atoms with Gasteiger partial charge >= 0.3 is 0 Å². The molecular formula is C23H20Cl3N3O3S. The Kier molecular flexibility index (Phi) is 8.88. The van der Waals surface area contributed by atoms with E-state index in [0.717, 1.165) is 9.87 Å². The third-order valence-electron chi connectivity index (χ3n) is 4.64. The van der Waals surface area contributed by atoms with Gasteiger partial charge in [0, 0.05) is 17.1 Å². The molecule has 0 fully saturated rings. The Morgan fingerprint density at radius 2 is 1.64 bits per heavy atom. The number of nitrogens with one attached hydrogen (secondary N) is 1. The van der Waals surface area contributed by atoms with Crippen LogP contribution in [0.15, 0.2) is 82.8 Å². The number of hydrogen-bond donors (Lipinski definition) is 1. The SMILES string of the molecule is O=C(CN(CCc1ccccc1)S(=O)(=O)c1ccc(Cl)cc1)NN=Cc1cccc(Cl)c1Cl. The van der Waals surface area contributed by atoms with Crippen molar-refractivity contribution < 1.29 is 13.2 Å². The molecule has 3 aromatic rings. The molecule has 0 bridgehead atoms. The molecule has 0 aliphatic heterocycles. The van der Waals surface area contributed by atoms with E-state index in [1.807, 2.05) is 30.3 Å². The monoisotopic (exact) mass is 523 g/mol. The van der Waals surface area contributed by atoms with Crippen LogP contribution >= 0.6 is 34.8 Å². The van der Waals surface area contributed by atoms with Crippen molar-refractivity contribution in [3.8, 4) is 0 Å². The van der Waals surface area contributed by atoms with Crippen molar-refractivity contribution >= 4 is 56.9 Å². The molecule has 6 nitrogen and oxygen atoms in total. The summed E-state index contributed by atoms with van der Waals surface area (Å²) in [5.74, 6) is -0.602. The summed E-state index contributed by atoms with van der Waals surface area (Å²) >= 11 is 18.0. The van der Waals surface area contributed by atoms with Crippen molar-refractivity contribution in [3.63, 3.8) is 0 Å². The van der Waals surface area contributed by atoms with Gasteiger partial charge < -0.3 is 0 Å². The smallest absolute Gasteiger partial charge is 0.255 e. The van der Waals surface area contributed by atoms with Gasteiger partial charge in [0.2, 0.25) is 10.0 Å². The molecule has 0 atom stereocenters. The summed E-state index contributed by atoms with van der Waals surface area (Å²) in [6.07, 6.45) is 1.77. The fraction of sp³-hybridized carbons (Fsp3) is 0.130. The average molecular weight is 525 g/mol. The maximum atomic E-state index is 13.2. The molecular weight excluding hydrogens is 505 g/mol. The first-order chi connectivity index (χ1) is 15.8. The molecule has 3 rings (SSSR count). The number of sulfonamides is 1. The molecule has 0 heterocycles. The number of carbonyl (C=O) groups excluding carboxylic acids is 1. The van der Waals surface area contributed by atoms with Gasteiger partial charge in [0.1, 0.15) is 0 Å². The standard InChI is InChI=1S/C23H20Cl3N3O3S/c24-19-9-11-20(12-10-19)33(31,32)29(14-13-17-5-2-1-3-6-17)16-22(30)28-27-15-18-7-4-8-21(25)23(18)26/h1-12,15H,13-14,16H2,(H,28,30). The third kappa shape index (κ3) is 7.03. The minimum absolute atomic E-state index is 0.0435. The van der Waals surface area contributed by atoms with Gasteiger partial charge in [-0.1, -0.05) is 77.3 Å². The van der Waals surface area contributed by atoms with E-state index < -0.39 is 22.5 Å². The second-order valence-electron chi connectivity index (χ2n) is 6.96. The zero-order valence-corrected chi connectivity index (χ0v) is 20.4. The number of amides is 1. The Hall–Kier alpha value is -2.42. The van der Waals surface area contributed by atoms with Gasteiger partial charge in [-0.25, -0.2) is 13.8 Å². The van der Waals surface area contributed by atoms with Crippen molar-refractivity contribution in [1.29, 1.82) is 0 Å². The van der Waals surface area contributed by atoms with E-state index in [9.17, 15) is 13.2 Å². The number of nitrogens with zero attached hydrogens (tertiary/aromatic N) is 2. The Morgan fingerprint density at radius 3 is 2.33 bits per heavy atom. The number of carbonyl (C=O) groups is 1. The molecule has 0 saturated carbocycles. The fourth-order valence-corrected chi connectivity index (χ4v) is 4.81. The Balaban J connectivity index is 1.75. The van der Waals surface area contributed by atoms with E-state index in [1.54, 1.807) is 18.2 Å². The molecule has 172 valence electrons. The van der Waals surface area contributed by atoms with Crippen molar-refractivity contribution in [2.75, 3.05) is 13.1 Å². The highest BCUT2D eigenvalue weighted by Gasteiger charge is 2.26. The van der Waals surface area contributed by atoms with E-state index in [4.69, 9.17) is 34.8 Å². The van der Waals surface area contributed by atoms with E-state index in [2.05, 4.69) is 10.5 Å². The van der Waals surface area contributed by atoms with Crippen LogP contribution in [0.25, 0.3) is 0 Å². The minimum Gasteiger partial charge on any atom is -0.272 e. The summed E-state index contributed by atoms with van der Waals surface area (Å²) in [6.45, 7) is -0.315. The van der Waals surface area contributed by atoms with Gasteiger partial charge in [0.05, 0.1) is 27.7 Å². The maximum absolute atomic E-state index is 13.2. The first-order valence-electron chi connectivity index (χ1n) is 9.83. The third-order valence-corrected chi connectivity index (χ3v) is 7.58. The van der Waals surface area contributed by atoms with Gasteiger partial charge in [0.25, 0.3) is 5.91 Å². The van der Waals surface area contributed by atoms with Crippen LogP contribution in [0.3, 0.4) is 0 Å². The molecule has 10 heteroatoms. The molecule has 33 heavy (non-hydrogen) atoms. The van der Waals surface area contributed by atoms with Gasteiger partial charge in [-0.3, -0.25) is 4.79 Å². The van der Waals surface area contributed by atoms with Crippen molar-refractivity contribution in [3.05, 3.63) is 99.0 Å². The summed E-state index contributed by atoms with van der Waals surface area (Å²) in [6, 6.07) is 20.2. The Labute approximate surface area is 207 Å². The average Bonchev–Trinajstić information content (AvgIpc) is 2.80. The molecule has 0 radical (unpaired) electrons. The van der Waals surface area contributed by atoms with Crippen molar-refractivity contribution in [2.45, 2.75) is 11.3 Å². The first kappa shape index (κ1) is 25.2. The van der Waals surface area contributed by atoms with Crippen LogP contribution in [-0.2, 0) is 21.2 Å². The van der Waals surface area contributed by atoms with Gasteiger partial charge in [-0.05, 0) is 42.3 Å². The molecule has 0 spiro atoms. The van der Waals surface area contributed by atoms with Crippen LogP contribution in [0.1, 0.15) is 11.1 Å². The molecule has 3 aromatic carbocycles. The molecule has 1 amide bonds. The van der Waals surface area contributed by atoms with Gasteiger partial charge in [-0.2, -0.15) is 9.41 Å². The van der Waals surface area contributed by atoms with Crippen LogP contribution in [0, 0.1) is 0 Å². The lowest BCUT2D eigenvalue weighted by molar-refractivity contribution is -0.121. The summed E-state index contributed by atoms with van der Waals surface area (Å²) in [5, 5.41) is 4.94. The van der Waals surface area contributed by atoms with Crippen LogP contribution < -0.4 is 5.43 Å². The minimum atomic E-state index is -3.95. The first-order valence-corrected chi connectivity index (χ1v) is 12.4. The lowest BCUT2D eigenvalue weighted by Crippen LogP contribution is -2.40. The molecule has 0 aliphatic carbocycles. The van der Waals surface area contributed by atoms with E-state index in [1.165, 1.54) is 30.5 Å². The Morgan fingerprint density at radius 1 is 0.939 bits per heavy atom. The maximum Gasteiger partial charge on any atom is 0.255 e. The predicted octanol–water partition coefficient (Wildman–Crippen LogP) is 5.03. The highest BCUT2D eigenvalue weighted by molar-refractivity contribution is 7.89. The summed E-state index contributed by atoms with van der Waals surface area (Å²) < 4.78 is 27.5. The highest BCUT2D eigenvalue weighted by atomic mass is 35.5. The Bertz CT molecular complexity index is 1230. The highest BCUT2D eigenvalue weighted by Crippen LogP contribution is 2.24. The molecule has 0 unspecified atom stereocenters. The number of hydrazone groups is 1. The van der Waals surface area contributed by atoms with Crippen LogP contribution in [0.5, 0.6) is 0 Å².